The van der Waals surface area contributed by atoms with E-state index >= 15 is 0 Å². The minimum absolute atomic E-state index is 0.0572. The Labute approximate surface area is 217 Å². The van der Waals surface area contributed by atoms with Crippen molar-refractivity contribution in [2.75, 3.05) is 13.7 Å². The maximum absolute atomic E-state index is 14.5. The third kappa shape index (κ3) is 5.29. The van der Waals surface area contributed by atoms with Crippen molar-refractivity contribution in [2.24, 2.45) is 0 Å². The number of esters is 2. The Hall–Kier alpha value is -4.08. The molecule has 5 rings (SSSR count). The Morgan fingerprint density at radius 1 is 1.08 bits per heavy atom. The quantitative estimate of drug-likeness (QED) is 0.241. The van der Waals surface area contributed by atoms with Crippen LogP contribution in [0.25, 0.3) is 22.1 Å². The van der Waals surface area contributed by atoms with Crippen LogP contribution in [-0.4, -0.2) is 31.6 Å². The van der Waals surface area contributed by atoms with E-state index < -0.39 is 29.6 Å². The zero-order valence-electron chi connectivity index (χ0n) is 20.6. The van der Waals surface area contributed by atoms with Gasteiger partial charge in [0.05, 0.1) is 23.8 Å². The van der Waals surface area contributed by atoms with Crippen LogP contribution in [0, 0.1) is 11.6 Å². The van der Waals surface area contributed by atoms with Crippen molar-refractivity contribution >= 4 is 22.9 Å². The second-order valence-corrected chi connectivity index (χ2v) is 8.99. The summed E-state index contributed by atoms with van der Waals surface area (Å²) in [6.45, 7) is 0.976. The lowest BCUT2D eigenvalue weighted by molar-refractivity contribution is -0.139. The van der Waals surface area contributed by atoms with Crippen LogP contribution < -0.4 is 10.1 Å². The molecule has 0 amide bonds. The zero-order valence-corrected chi connectivity index (χ0v) is 20.6. The van der Waals surface area contributed by atoms with Gasteiger partial charge in [-0.3, -0.25) is 0 Å². The van der Waals surface area contributed by atoms with Crippen LogP contribution in [0.5, 0.6) is 5.75 Å². The molecule has 0 radical (unpaired) electrons. The van der Waals surface area contributed by atoms with E-state index in [1.54, 1.807) is 48.5 Å². The lowest BCUT2D eigenvalue weighted by Gasteiger charge is -2.11. The molecule has 0 spiro atoms. The van der Waals surface area contributed by atoms with E-state index in [9.17, 15) is 18.4 Å². The molecule has 0 saturated carbocycles. The highest BCUT2D eigenvalue weighted by Gasteiger charge is 2.26. The van der Waals surface area contributed by atoms with Crippen molar-refractivity contribution in [1.82, 2.24) is 5.32 Å². The zero-order chi connectivity index (χ0) is 26.6. The van der Waals surface area contributed by atoms with Crippen LogP contribution in [0.15, 0.2) is 65.3 Å². The van der Waals surface area contributed by atoms with E-state index in [1.165, 1.54) is 13.4 Å². The maximum Gasteiger partial charge on any atom is 0.345 e. The Bertz CT molecular complexity index is 1470. The van der Waals surface area contributed by atoms with Gasteiger partial charge in [-0.2, -0.15) is 0 Å². The molecule has 2 heterocycles. The molecular weight excluding hydrogens is 496 g/mol. The smallest absolute Gasteiger partial charge is 0.345 e. The number of fused-ring (bicyclic) bond motifs is 1. The van der Waals surface area contributed by atoms with Gasteiger partial charge in [-0.25, -0.2) is 18.4 Å². The Morgan fingerprint density at radius 2 is 1.89 bits per heavy atom. The van der Waals surface area contributed by atoms with E-state index in [0.717, 1.165) is 19.0 Å². The third-order valence-electron chi connectivity index (χ3n) is 6.38. The fourth-order valence-electron chi connectivity index (χ4n) is 4.48. The SMILES string of the molecule is COCc1coc2c(-c3ccc(OCc4cccc(C(=O)OC(=O)[C@@H]5CCCN5)c4)cc3)cc(F)c(F)c12. The molecule has 0 unspecified atom stereocenters. The first-order valence-electron chi connectivity index (χ1n) is 12.1. The fraction of sp³-hybridized carbons (Fsp3) is 0.241. The van der Waals surface area contributed by atoms with Gasteiger partial charge in [-0.05, 0) is 60.8 Å². The van der Waals surface area contributed by atoms with Gasteiger partial charge in [0, 0.05) is 18.2 Å². The van der Waals surface area contributed by atoms with Crippen LogP contribution >= 0.6 is 0 Å². The lowest BCUT2D eigenvalue weighted by Crippen LogP contribution is -2.33. The van der Waals surface area contributed by atoms with Gasteiger partial charge >= 0.3 is 11.9 Å². The van der Waals surface area contributed by atoms with Crippen molar-refractivity contribution in [3.05, 3.63) is 89.2 Å². The molecule has 1 fully saturated rings. The second-order valence-electron chi connectivity index (χ2n) is 8.99. The molecule has 9 heteroatoms. The summed E-state index contributed by atoms with van der Waals surface area (Å²) in [7, 11) is 1.47. The average Bonchev–Trinajstić information content (AvgIpc) is 3.62. The predicted molar refractivity (Wildman–Crippen MR) is 135 cm³/mol. The summed E-state index contributed by atoms with van der Waals surface area (Å²) in [5.41, 5.74) is 2.63. The van der Waals surface area contributed by atoms with E-state index in [4.69, 9.17) is 18.6 Å². The fourth-order valence-corrected chi connectivity index (χ4v) is 4.48. The first-order valence-corrected chi connectivity index (χ1v) is 12.1. The Morgan fingerprint density at radius 3 is 2.63 bits per heavy atom. The van der Waals surface area contributed by atoms with Crippen LogP contribution in [0.1, 0.15) is 34.3 Å². The topological polar surface area (TPSA) is 87.0 Å². The van der Waals surface area contributed by atoms with E-state index in [1.807, 2.05) is 0 Å². The number of carbonyl (C=O) groups is 2. The maximum atomic E-state index is 14.5. The third-order valence-corrected chi connectivity index (χ3v) is 6.38. The second kappa shape index (κ2) is 11.1. The summed E-state index contributed by atoms with van der Waals surface area (Å²) in [5, 5.41) is 3.06. The monoisotopic (exact) mass is 521 g/mol. The molecule has 1 saturated heterocycles. The van der Waals surface area contributed by atoms with Crippen LogP contribution in [-0.2, 0) is 27.5 Å². The van der Waals surface area contributed by atoms with Crippen molar-refractivity contribution < 1.29 is 37.0 Å². The number of carbonyl (C=O) groups excluding carboxylic acids is 2. The molecule has 0 aliphatic carbocycles. The van der Waals surface area contributed by atoms with Gasteiger partial charge in [0.15, 0.2) is 11.6 Å². The van der Waals surface area contributed by atoms with E-state index in [0.29, 0.717) is 34.4 Å². The lowest BCUT2D eigenvalue weighted by atomic mass is 10.0. The molecule has 1 aliphatic rings. The number of methoxy groups -OCH3 is 1. The minimum atomic E-state index is -0.980. The highest BCUT2D eigenvalue weighted by atomic mass is 19.2. The number of hydrogen-bond donors (Lipinski definition) is 1. The van der Waals surface area contributed by atoms with E-state index in [-0.39, 0.29) is 29.7 Å². The molecule has 4 aromatic rings. The van der Waals surface area contributed by atoms with Gasteiger partial charge in [-0.1, -0.05) is 24.3 Å². The van der Waals surface area contributed by atoms with Crippen LogP contribution in [0.3, 0.4) is 0 Å². The summed E-state index contributed by atoms with van der Waals surface area (Å²) in [6, 6.07) is 14.2. The number of hydrogen-bond acceptors (Lipinski definition) is 7. The van der Waals surface area contributed by atoms with Gasteiger partial charge in [0.2, 0.25) is 0 Å². The summed E-state index contributed by atoms with van der Waals surface area (Å²) >= 11 is 0. The van der Waals surface area contributed by atoms with Crippen LogP contribution in [0.4, 0.5) is 8.78 Å². The summed E-state index contributed by atoms with van der Waals surface area (Å²) < 4.78 is 50.3. The van der Waals surface area contributed by atoms with Crippen LogP contribution in [0.2, 0.25) is 0 Å². The van der Waals surface area contributed by atoms with E-state index in [2.05, 4.69) is 5.32 Å². The Balaban J connectivity index is 1.27. The Kier molecular flexibility index (Phi) is 7.48. The normalized spacial score (nSPS) is 15.1. The van der Waals surface area contributed by atoms with Gasteiger partial charge in [0.1, 0.15) is 24.0 Å². The molecule has 38 heavy (non-hydrogen) atoms. The molecule has 1 atom stereocenters. The number of benzene rings is 3. The van der Waals surface area contributed by atoms with Crippen molar-refractivity contribution in [3.8, 4) is 16.9 Å². The highest BCUT2D eigenvalue weighted by Crippen LogP contribution is 2.36. The average molecular weight is 522 g/mol. The molecule has 7 nitrogen and oxygen atoms in total. The molecule has 196 valence electrons. The molecule has 1 N–H and O–H groups in total. The first kappa shape index (κ1) is 25.6. The number of ether oxygens (including phenoxy) is 3. The summed E-state index contributed by atoms with van der Waals surface area (Å²) in [6.07, 6.45) is 2.88. The summed E-state index contributed by atoms with van der Waals surface area (Å²) in [5.74, 6) is -2.71. The molecule has 3 aromatic carbocycles. The number of rotatable bonds is 8. The molecule has 0 bridgehead atoms. The molecule has 1 aliphatic heterocycles. The minimum Gasteiger partial charge on any atom is -0.489 e. The number of furan rings is 1. The van der Waals surface area contributed by atoms with Crippen molar-refractivity contribution in [1.29, 1.82) is 0 Å². The largest absolute Gasteiger partial charge is 0.489 e. The number of halogens is 2. The van der Waals surface area contributed by atoms with Crippen molar-refractivity contribution in [2.45, 2.75) is 32.1 Å². The highest BCUT2D eigenvalue weighted by molar-refractivity contribution is 5.98. The predicted octanol–water partition coefficient (Wildman–Crippen LogP) is 5.54. The standard InChI is InChI=1S/C29H25F2NO6/c1-35-15-20-16-37-27-22(13-23(30)26(31)25(20)27)18-7-9-21(10-8-18)36-14-17-4-2-5-19(12-17)28(33)38-29(34)24-6-3-11-32-24/h2,4-5,7-10,12-13,16,24,32H,3,6,11,14-15H2,1H3/t24-/m0/s1. The number of nitrogens with one attached hydrogen (secondary N) is 1. The van der Waals surface area contributed by atoms with Gasteiger partial charge in [-0.15, -0.1) is 0 Å². The van der Waals surface area contributed by atoms with Crippen molar-refractivity contribution in [3.63, 3.8) is 0 Å². The van der Waals surface area contributed by atoms with Gasteiger partial charge < -0.3 is 23.9 Å². The molecule has 1 aromatic heterocycles. The molecular formula is C29H25F2NO6. The van der Waals surface area contributed by atoms with Gasteiger partial charge in [0.25, 0.3) is 0 Å². The first-order chi connectivity index (χ1) is 18.4. The summed E-state index contributed by atoms with van der Waals surface area (Å²) in [4.78, 5) is 24.5.